The third-order valence-corrected chi connectivity index (χ3v) is 4.95. The van der Waals surface area contributed by atoms with E-state index in [1.54, 1.807) is 29.1 Å². The highest BCUT2D eigenvalue weighted by Crippen LogP contribution is 2.22. The van der Waals surface area contributed by atoms with Gasteiger partial charge in [-0.05, 0) is 55.8 Å². The summed E-state index contributed by atoms with van der Waals surface area (Å²) >= 11 is 6.19. The summed E-state index contributed by atoms with van der Waals surface area (Å²) in [6.07, 6.45) is 4.02. The molecule has 1 saturated heterocycles. The lowest BCUT2D eigenvalue weighted by Crippen LogP contribution is -2.18. The number of likely N-dealkylation sites (tertiary alicyclic amines) is 1. The van der Waals surface area contributed by atoms with Gasteiger partial charge in [0.25, 0.3) is 5.91 Å². The van der Waals surface area contributed by atoms with E-state index < -0.39 is 5.91 Å². The van der Waals surface area contributed by atoms with Crippen molar-refractivity contribution in [2.75, 3.05) is 18.4 Å². The van der Waals surface area contributed by atoms with E-state index in [-0.39, 0.29) is 17.4 Å². The van der Waals surface area contributed by atoms with Crippen molar-refractivity contribution < 1.29 is 13.6 Å². The number of furan rings is 1. The summed E-state index contributed by atoms with van der Waals surface area (Å²) in [7, 11) is 0. The molecule has 1 aliphatic rings. The quantitative estimate of drug-likeness (QED) is 0.672. The lowest BCUT2D eigenvalue weighted by atomic mass is 10.2. The molecule has 0 aliphatic carbocycles. The molecule has 0 atom stereocenters. The van der Waals surface area contributed by atoms with Crippen molar-refractivity contribution in [2.24, 2.45) is 0 Å². The molecular formula is C20H20ClFN4O2. The largest absolute Gasteiger partial charge is 0.455 e. The molecule has 28 heavy (non-hydrogen) atoms. The molecule has 146 valence electrons. The van der Waals surface area contributed by atoms with Crippen molar-refractivity contribution in [2.45, 2.75) is 25.9 Å². The van der Waals surface area contributed by atoms with Crippen molar-refractivity contribution in [3.05, 3.63) is 70.5 Å². The Morgan fingerprint density at radius 1 is 1.14 bits per heavy atom. The Labute approximate surface area is 166 Å². The van der Waals surface area contributed by atoms with E-state index >= 15 is 0 Å². The molecule has 1 N–H and O–H groups in total. The van der Waals surface area contributed by atoms with Crippen LogP contribution in [0.1, 0.15) is 34.7 Å². The number of amides is 1. The van der Waals surface area contributed by atoms with Crippen molar-refractivity contribution in [1.29, 1.82) is 0 Å². The molecule has 1 aliphatic heterocycles. The molecule has 3 heterocycles. The van der Waals surface area contributed by atoms with E-state index in [0.29, 0.717) is 18.1 Å². The van der Waals surface area contributed by atoms with E-state index in [2.05, 4.69) is 15.3 Å². The molecule has 2 aromatic heterocycles. The smallest absolute Gasteiger partial charge is 0.292 e. The molecule has 4 rings (SSSR count). The number of halogens is 2. The molecule has 0 saturated carbocycles. The minimum Gasteiger partial charge on any atom is -0.455 e. The van der Waals surface area contributed by atoms with Crippen LogP contribution in [0.4, 0.5) is 10.2 Å². The SMILES string of the molecule is O=C(Nc1nn(Cc2ccc(F)cc2)cc1Cl)c1ccc(CN2CCCC2)o1. The summed E-state index contributed by atoms with van der Waals surface area (Å²) in [5, 5.41) is 7.29. The average molecular weight is 403 g/mol. The Morgan fingerprint density at radius 3 is 2.64 bits per heavy atom. The Bertz CT molecular complexity index is 961. The third kappa shape index (κ3) is 4.43. The highest BCUT2D eigenvalue weighted by atomic mass is 35.5. The van der Waals surface area contributed by atoms with Gasteiger partial charge in [0.1, 0.15) is 16.6 Å². The fourth-order valence-electron chi connectivity index (χ4n) is 3.25. The van der Waals surface area contributed by atoms with Gasteiger partial charge in [-0.1, -0.05) is 23.7 Å². The molecule has 8 heteroatoms. The van der Waals surface area contributed by atoms with Gasteiger partial charge in [-0.3, -0.25) is 14.4 Å². The van der Waals surface area contributed by atoms with Crippen LogP contribution in [0.5, 0.6) is 0 Å². The predicted octanol–water partition coefficient (Wildman–Crippen LogP) is 4.17. The van der Waals surface area contributed by atoms with Gasteiger partial charge in [0.15, 0.2) is 11.6 Å². The standard InChI is InChI=1S/C20H20ClFN4O2/c21-17-13-26(11-14-3-5-15(22)6-4-14)24-19(17)23-20(27)18-8-7-16(28-18)12-25-9-1-2-10-25/h3-8,13H,1-2,9-12H2,(H,23,24,27). The second-order valence-electron chi connectivity index (χ2n) is 6.85. The monoisotopic (exact) mass is 402 g/mol. The molecule has 6 nitrogen and oxygen atoms in total. The van der Waals surface area contributed by atoms with Gasteiger partial charge in [-0.25, -0.2) is 4.39 Å². The van der Waals surface area contributed by atoms with Crippen LogP contribution < -0.4 is 5.32 Å². The van der Waals surface area contributed by atoms with Gasteiger partial charge in [-0.2, -0.15) is 5.10 Å². The number of benzene rings is 1. The maximum atomic E-state index is 13.0. The zero-order valence-electron chi connectivity index (χ0n) is 15.2. The fourth-order valence-corrected chi connectivity index (χ4v) is 3.45. The first-order chi connectivity index (χ1) is 13.6. The van der Waals surface area contributed by atoms with E-state index in [0.717, 1.165) is 24.4 Å². The Kier molecular flexibility index (Phi) is 5.45. The van der Waals surface area contributed by atoms with Gasteiger partial charge in [0.2, 0.25) is 0 Å². The lowest BCUT2D eigenvalue weighted by molar-refractivity contribution is 0.0993. The van der Waals surface area contributed by atoms with Crippen LogP contribution in [0, 0.1) is 5.82 Å². The number of hydrogen-bond acceptors (Lipinski definition) is 4. The van der Waals surface area contributed by atoms with E-state index in [1.165, 1.54) is 25.0 Å². The number of carbonyl (C=O) groups is 1. The van der Waals surface area contributed by atoms with Crippen molar-refractivity contribution >= 4 is 23.3 Å². The molecule has 1 aromatic carbocycles. The number of rotatable bonds is 6. The van der Waals surface area contributed by atoms with E-state index in [9.17, 15) is 9.18 Å². The van der Waals surface area contributed by atoms with Gasteiger partial charge in [0, 0.05) is 6.20 Å². The first-order valence-electron chi connectivity index (χ1n) is 9.16. The molecule has 1 fully saturated rings. The topological polar surface area (TPSA) is 63.3 Å². The number of anilines is 1. The Morgan fingerprint density at radius 2 is 1.89 bits per heavy atom. The van der Waals surface area contributed by atoms with Gasteiger partial charge >= 0.3 is 0 Å². The normalized spacial score (nSPS) is 14.5. The van der Waals surface area contributed by atoms with Crippen LogP contribution in [0.3, 0.4) is 0 Å². The molecule has 0 bridgehead atoms. The number of nitrogens with one attached hydrogen (secondary N) is 1. The molecule has 1 amide bonds. The minimum atomic E-state index is -0.401. The van der Waals surface area contributed by atoms with Crippen LogP contribution in [0.15, 0.2) is 47.0 Å². The minimum absolute atomic E-state index is 0.221. The maximum absolute atomic E-state index is 13.0. The first kappa shape index (κ1) is 18.7. The van der Waals surface area contributed by atoms with Crippen molar-refractivity contribution in [3.8, 4) is 0 Å². The molecule has 0 spiro atoms. The van der Waals surface area contributed by atoms with Crippen LogP contribution in [0.2, 0.25) is 5.02 Å². The second kappa shape index (κ2) is 8.16. The summed E-state index contributed by atoms with van der Waals surface area (Å²) in [6.45, 7) is 3.24. The fraction of sp³-hybridized carbons (Fsp3) is 0.300. The van der Waals surface area contributed by atoms with Crippen LogP contribution in [-0.2, 0) is 13.1 Å². The van der Waals surface area contributed by atoms with Gasteiger partial charge < -0.3 is 9.73 Å². The average Bonchev–Trinajstić information content (AvgIpc) is 3.41. The van der Waals surface area contributed by atoms with Crippen LogP contribution in [-0.4, -0.2) is 33.7 Å². The highest BCUT2D eigenvalue weighted by molar-refractivity contribution is 6.33. The van der Waals surface area contributed by atoms with Crippen molar-refractivity contribution in [1.82, 2.24) is 14.7 Å². The second-order valence-corrected chi connectivity index (χ2v) is 7.26. The summed E-state index contributed by atoms with van der Waals surface area (Å²) in [6, 6.07) is 9.60. The lowest BCUT2D eigenvalue weighted by Gasteiger charge is -2.11. The van der Waals surface area contributed by atoms with Crippen LogP contribution >= 0.6 is 11.6 Å². The highest BCUT2D eigenvalue weighted by Gasteiger charge is 2.18. The predicted molar refractivity (Wildman–Crippen MR) is 104 cm³/mol. The summed E-state index contributed by atoms with van der Waals surface area (Å²) in [5.41, 5.74) is 0.871. The Balaban J connectivity index is 1.39. The van der Waals surface area contributed by atoms with E-state index in [4.69, 9.17) is 16.0 Å². The summed E-state index contributed by atoms with van der Waals surface area (Å²) < 4.78 is 20.3. The maximum Gasteiger partial charge on any atom is 0.292 e. The van der Waals surface area contributed by atoms with E-state index in [1.807, 2.05) is 6.07 Å². The third-order valence-electron chi connectivity index (χ3n) is 4.67. The van der Waals surface area contributed by atoms with Gasteiger partial charge in [0.05, 0.1) is 13.1 Å². The van der Waals surface area contributed by atoms with Gasteiger partial charge in [-0.15, -0.1) is 0 Å². The number of hydrogen-bond donors (Lipinski definition) is 1. The number of aromatic nitrogens is 2. The zero-order valence-corrected chi connectivity index (χ0v) is 16.0. The molecule has 0 unspecified atom stereocenters. The zero-order chi connectivity index (χ0) is 19.5. The van der Waals surface area contributed by atoms with Crippen LogP contribution in [0.25, 0.3) is 0 Å². The summed E-state index contributed by atoms with van der Waals surface area (Å²) in [5.74, 6) is 0.545. The Hall–Kier alpha value is -2.64. The number of nitrogens with zero attached hydrogens (tertiary/aromatic N) is 3. The first-order valence-corrected chi connectivity index (χ1v) is 9.54. The molecule has 0 radical (unpaired) electrons. The summed E-state index contributed by atoms with van der Waals surface area (Å²) in [4.78, 5) is 14.8. The van der Waals surface area contributed by atoms with Crippen molar-refractivity contribution in [3.63, 3.8) is 0 Å². The number of carbonyl (C=O) groups excluding carboxylic acids is 1. The molecular weight excluding hydrogens is 383 g/mol. The molecule has 3 aromatic rings.